The van der Waals surface area contributed by atoms with Crippen molar-refractivity contribution >= 4 is 11.9 Å². The Labute approximate surface area is 157 Å². The zero-order chi connectivity index (χ0) is 20.2. The first-order chi connectivity index (χ1) is 12.7. The fourth-order valence-corrected chi connectivity index (χ4v) is 2.49. The van der Waals surface area contributed by atoms with Crippen LogP contribution in [0, 0.1) is 0 Å². The number of rotatable bonds is 7. The topological polar surface area (TPSA) is 111 Å². The number of carboxylic acids is 1. The van der Waals surface area contributed by atoms with Gasteiger partial charge in [0.25, 0.3) is 5.91 Å². The molecule has 0 aliphatic heterocycles. The molecule has 8 nitrogen and oxygen atoms in total. The maximum Gasteiger partial charge on any atom is 0.305 e. The van der Waals surface area contributed by atoms with Crippen LogP contribution in [0.3, 0.4) is 0 Å². The molecular formula is C19H24N2O6. The molecular weight excluding hydrogens is 352 g/mol. The Balaban J connectivity index is 2.31. The maximum atomic E-state index is 12.6. The molecule has 0 radical (unpaired) electrons. The van der Waals surface area contributed by atoms with E-state index in [1.807, 2.05) is 20.8 Å². The van der Waals surface area contributed by atoms with Crippen LogP contribution in [0.2, 0.25) is 0 Å². The molecule has 8 heteroatoms. The summed E-state index contributed by atoms with van der Waals surface area (Å²) in [6.07, 6.45) is -0.321. The van der Waals surface area contributed by atoms with Gasteiger partial charge < -0.3 is 24.4 Å². The second-order valence-corrected chi connectivity index (χ2v) is 7.06. The summed E-state index contributed by atoms with van der Waals surface area (Å²) in [5, 5.41) is 15.7. The number of hydrogen-bond acceptors (Lipinski definition) is 6. The predicted octanol–water partition coefficient (Wildman–Crippen LogP) is 2.94. The van der Waals surface area contributed by atoms with Crippen LogP contribution in [-0.4, -0.2) is 36.4 Å². The van der Waals surface area contributed by atoms with Crippen LogP contribution in [0.1, 0.15) is 55.0 Å². The van der Waals surface area contributed by atoms with E-state index < -0.39 is 17.9 Å². The molecule has 2 rings (SSSR count). The first-order valence-corrected chi connectivity index (χ1v) is 8.37. The van der Waals surface area contributed by atoms with Gasteiger partial charge in [-0.3, -0.25) is 9.59 Å². The molecule has 0 saturated heterocycles. The third-order valence-corrected chi connectivity index (χ3v) is 3.98. The van der Waals surface area contributed by atoms with Crippen LogP contribution < -0.4 is 14.8 Å². The molecule has 0 saturated carbocycles. The molecule has 1 atom stereocenters. The quantitative estimate of drug-likeness (QED) is 0.764. The Hall–Kier alpha value is -3.03. The van der Waals surface area contributed by atoms with E-state index in [1.54, 1.807) is 24.3 Å². The molecule has 146 valence electrons. The molecule has 0 fully saturated rings. The molecule has 2 aromatic rings. The van der Waals surface area contributed by atoms with Gasteiger partial charge in [-0.05, 0) is 12.1 Å². The monoisotopic (exact) mass is 376 g/mol. The summed E-state index contributed by atoms with van der Waals surface area (Å²) in [7, 11) is 2.98. The van der Waals surface area contributed by atoms with Crippen molar-refractivity contribution in [2.24, 2.45) is 0 Å². The van der Waals surface area contributed by atoms with Crippen LogP contribution in [0.25, 0.3) is 0 Å². The van der Waals surface area contributed by atoms with Crippen LogP contribution in [-0.2, 0) is 10.2 Å². The number of methoxy groups -OCH3 is 2. The maximum absolute atomic E-state index is 12.6. The average molecular weight is 376 g/mol. The molecule has 0 aliphatic carbocycles. The number of hydrogen-bond donors (Lipinski definition) is 2. The van der Waals surface area contributed by atoms with Crippen LogP contribution in [0.4, 0.5) is 0 Å². The van der Waals surface area contributed by atoms with Gasteiger partial charge in [0.2, 0.25) is 0 Å². The Bertz CT molecular complexity index is 822. The van der Waals surface area contributed by atoms with Crippen molar-refractivity contribution in [3.05, 3.63) is 41.3 Å². The molecule has 2 N–H and O–H groups in total. The van der Waals surface area contributed by atoms with Crippen LogP contribution >= 0.6 is 0 Å². The smallest absolute Gasteiger partial charge is 0.305 e. The van der Waals surface area contributed by atoms with Crippen molar-refractivity contribution in [3.63, 3.8) is 0 Å². The van der Waals surface area contributed by atoms with Gasteiger partial charge in [-0.15, -0.1) is 0 Å². The van der Waals surface area contributed by atoms with Crippen molar-refractivity contribution in [2.45, 2.75) is 38.6 Å². The second-order valence-electron chi connectivity index (χ2n) is 7.06. The minimum Gasteiger partial charge on any atom is -0.497 e. The van der Waals surface area contributed by atoms with Gasteiger partial charge in [0.15, 0.2) is 5.69 Å². The van der Waals surface area contributed by atoms with Gasteiger partial charge in [0.1, 0.15) is 17.3 Å². The number of nitrogens with one attached hydrogen (secondary N) is 1. The van der Waals surface area contributed by atoms with E-state index in [-0.39, 0.29) is 17.5 Å². The van der Waals surface area contributed by atoms with Gasteiger partial charge >= 0.3 is 5.97 Å². The molecule has 27 heavy (non-hydrogen) atoms. The summed E-state index contributed by atoms with van der Waals surface area (Å²) in [6, 6.07) is 5.70. The molecule has 1 unspecified atom stereocenters. The van der Waals surface area contributed by atoms with E-state index in [9.17, 15) is 14.7 Å². The van der Waals surface area contributed by atoms with Gasteiger partial charge in [-0.2, -0.15) is 0 Å². The third-order valence-electron chi connectivity index (χ3n) is 3.98. The van der Waals surface area contributed by atoms with Gasteiger partial charge in [-0.25, -0.2) is 0 Å². The molecule has 1 amide bonds. The zero-order valence-electron chi connectivity index (χ0n) is 16.0. The molecule has 1 aromatic heterocycles. The molecule has 0 bridgehead atoms. The number of nitrogens with zero attached hydrogens (tertiary/aromatic N) is 1. The van der Waals surface area contributed by atoms with Crippen molar-refractivity contribution in [1.82, 2.24) is 10.5 Å². The highest BCUT2D eigenvalue weighted by Crippen LogP contribution is 2.31. The van der Waals surface area contributed by atoms with Crippen molar-refractivity contribution < 1.29 is 28.7 Å². The minimum absolute atomic E-state index is 0.0859. The van der Waals surface area contributed by atoms with Gasteiger partial charge in [-0.1, -0.05) is 25.9 Å². The van der Waals surface area contributed by atoms with E-state index in [4.69, 9.17) is 14.0 Å². The largest absolute Gasteiger partial charge is 0.497 e. The number of amides is 1. The summed E-state index contributed by atoms with van der Waals surface area (Å²) in [6.45, 7) is 5.81. The Morgan fingerprint density at radius 3 is 2.44 bits per heavy atom. The highest BCUT2D eigenvalue weighted by molar-refractivity contribution is 5.92. The zero-order valence-corrected chi connectivity index (χ0v) is 16.0. The van der Waals surface area contributed by atoms with E-state index >= 15 is 0 Å². The Morgan fingerprint density at radius 1 is 1.22 bits per heavy atom. The van der Waals surface area contributed by atoms with Crippen molar-refractivity contribution in [3.8, 4) is 11.5 Å². The normalized spacial score (nSPS) is 12.3. The van der Waals surface area contributed by atoms with Crippen LogP contribution in [0.5, 0.6) is 11.5 Å². The van der Waals surface area contributed by atoms with E-state index in [0.29, 0.717) is 22.8 Å². The predicted molar refractivity (Wildman–Crippen MR) is 97.2 cm³/mol. The second kappa shape index (κ2) is 8.11. The van der Waals surface area contributed by atoms with E-state index in [1.165, 1.54) is 14.2 Å². The Kier molecular flexibility index (Phi) is 6.09. The fourth-order valence-electron chi connectivity index (χ4n) is 2.49. The highest BCUT2D eigenvalue weighted by atomic mass is 16.5. The lowest BCUT2D eigenvalue weighted by Crippen LogP contribution is -2.30. The first-order valence-electron chi connectivity index (χ1n) is 8.37. The lowest BCUT2D eigenvalue weighted by molar-refractivity contribution is -0.137. The molecule has 1 heterocycles. The number of aliphatic carboxylic acids is 1. The summed E-state index contributed by atoms with van der Waals surface area (Å²) in [5.41, 5.74) is 0.307. The lowest BCUT2D eigenvalue weighted by Gasteiger charge is -2.20. The summed E-state index contributed by atoms with van der Waals surface area (Å²) in [4.78, 5) is 23.9. The lowest BCUT2D eigenvalue weighted by atomic mass is 9.93. The molecule has 0 aliphatic rings. The minimum atomic E-state index is -1.06. The molecule has 0 spiro atoms. The Morgan fingerprint density at radius 2 is 1.93 bits per heavy atom. The molecule has 1 aromatic carbocycles. The number of ether oxygens (including phenoxy) is 2. The third kappa shape index (κ3) is 4.99. The first kappa shape index (κ1) is 20.3. The van der Waals surface area contributed by atoms with E-state index in [0.717, 1.165) is 0 Å². The van der Waals surface area contributed by atoms with Gasteiger partial charge in [0.05, 0.1) is 26.7 Å². The standard InChI is InChI=1S/C19H24N2O6/c1-19(2,3)16-9-14(21-27-16)18(24)20-13(10-17(22)23)12-7-6-11(25-4)8-15(12)26-5/h6-9,13H,10H2,1-5H3,(H,20,24)(H,22,23). The number of carbonyl (C=O) groups is 2. The number of carboxylic acid groups (broad SMARTS) is 1. The van der Waals surface area contributed by atoms with Gasteiger partial charge in [0, 0.05) is 23.1 Å². The highest BCUT2D eigenvalue weighted by Gasteiger charge is 2.26. The van der Waals surface area contributed by atoms with Crippen molar-refractivity contribution in [1.29, 1.82) is 0 Å². The summed E-state index contributed by atoms with van der Waals surface area (Å²) >= 11 is 0. The van der Waals surface area contributed by atoms with E-state index in [2.05, 4.69) is 10.5 Å². The van der Waals surface area contributed by atoms with Crippen LogP contribution in [0.15, 0.2) is 28.8 Å². The number of carbonyl (C=O) groups excluding carboxylic acids is 1. The summed E-state index contributed by atoms with van der Waals surface area (Å²) < 4.78 is 15.7. The average Bonchev–Trinajstić information content (AvgIpc) is 3.10. The SMILES string of the molecule is COc1ccc(C(CC(=O)O)NC(=O)c2cc(C(C)(C)C)on2)c(OC)c1. The number of aromatic nitrogens is 1. The fraction of sp³-hybridized carbons (Fsp3) is 0.421. The van der Waals surface area contributed by atoms with Crippen molar-refractivity contribution in [2.75, 3.05) is 14.2 Å². The number of benzene rings is 1. The summed E-state index contributed by atoms with van der Waals surface area (Å²) in [5.74, 6) is -0.0599.